The van der Waals surface area contributed by atoms with E-state index >= 15 is 0 Å². The maximum atomic E-state index is 13.9. The van der Waals surface area contributed by atoms with E-state index in [4.69, 9.17) is 9.47 Å². The van der Waals surface area contributed by atoms with E-state index in [1.165, 1.54) is 4.90 Å². The van der Waals surface area contributed by atoms with E-state index in [9.17, 15) is 24.0 Å². The molecule has 12 heteroatoms. The van der Waals surface area contributed by atoms with Crippen molar-refractivity contribution in [2.75, 3.05) is 18.4 Å². The number of likely N-dealkylation sites (tertiary alicyclic amines) is 1. The van der Waals surface area contributed by atoms with Gasteiger partial charge in [-0.1, -0.05) is 36.4 Å². The van der Waals surface area contributed by atoms with Crippen LogP contribution >= 0.6 is 0 Å². The summed E-state index contributed by atoms with van der Waals surface area (Å²) < 4.78 is 10.8. The largest absolute Gasteiger partial charge is 0.444 e. The monoisotopic (exact) mass is 651 g/mol. The van der Waals surface area contributed by atoms with E-state index in [2.05, 4.69) is 21.3 Å². The van der Waals surface area contributed by atoms with Crippen LogP contribution in [0.3, 0.4) is 0 Å². The highest BCUT2D eigenvalue weighted by atomic mass is 16.6. The van der Waals surface area contributed by atoms with Gasteiger partial charge >= 0.3 is 12.2 Å². The Morgan fingerprint density at radius 2 is 1.51 bits per heavy atom. The molecule has 256 valence electrons. The number of carbonyl (C=O) groups excluding carboxylic acids is 5. The van der Waals surface area contributed by atoms with Crippen molar-refractivity contribution in [3.8, 4) is 0 Å². The van der Waals surface area contributed by atoms with E-state index in [1.807, 2.05) is 62.4 Å². The van der Waals surface area contributed by atoms with E-state index < -0.39 is 53.3 Å². The van der Waals surface area contributed by atoms with Crippen LogP contribution in [0, 0.1) is 13.8 Å². The lowest BCUT2D eigenvalue weighted by Gasteiger charge is -2.29. The van der Waals surface area contributed by atoms with Crippen LogP contribution in [-0.4, -0.2) is 77.2 Å². The van der Waals surface area contributed by atoms with Crippen LogP contribution in [0.2, 0.25) is 0 Å². The van der Waals surface area contributed by atoms with Crippen molar-refractivity contribution in [1.29, 1.82) is 0 Å². The Morgan fingerprint density at radius 1 is 0.894 bits per heavy atom. The first-order valence-electron chi connectivity index (χ1n) is 15.9. The molecule has 1 saturated heterocycles. The van der Waals surface area contributed by atoms with Crippen LogP contribution in [-0.2, 0) is 30.3 Å². The number of hydrogen-bond acceptors (Lipinski definition) is 7. The van der Waals surface area contributed by atoms with Crippen LogP contribution < -0.4 is 21.3 Å². The van der Waals surface area contributed by atoms with E-state index in [0.717, 1.165) is 16.7 Å². The molecule has 1 aliphatic heterocycles. The Kier molecular flexibility index (Phi) is 12.4. The van der Waals surface area contributed by atoms with Crippen molar-refractivity contribution in [2.24, 2.45) is 0 Å². The Morgan fingerprint density at radius 3 is 2.11 bits per heavy atom. The van der Waals surface area contributed by atoms with Crippen LogP contribution in [0.15, 0.2) is 48.5 Å². The van der Waals surface area contributed by atoms with Gasteiger partial charge < -0.3 is 30.7 Å². The first-order valence-corrected chi connectivity index (χ1v) is 15.9. The highest BCUT2D eigenvalue weighted by molar-refractivity contribution is 5.98. The summed E-state index contributed by atoms with van der Waals surface area (Å²) in [5.41, 5.74) is 2.03. The number of benzene rings is 2. The Labute approximate surface area is 277 Å². The third-order valence-electron chi connectivity index (χ3n) is 7.08. The molecule has 2 aromatic carbocycles. The van der Waals surface area contributed by atoms with Crippen molar-refractivity contribution < 1.29 is 33.4 Å². The van der Waals surface area contributed by atoms with Gasteiger partial charge in [0, 0.05) is 18.3 Å². The molecule has 0 radical (unpaired) electrons. The van der Waals surface area contributed by atoms with Gasteiger partial charge in [0.15, 0.2) is 0 Å². The lowest BCUT2D eigenvalue weighted by molar-refractivity contribution is -0.129. The molecule has 1 heterocycles. The fraction of sp³-hybridized carbons (Fsp3) is 0.514. The number of alkyl carbamates (subject to hydrolysis) is 1. The number of nitrogens with zero attached hydrogens (tertiary/aromatic N) is 1. The van der Waals surface area contributed by atoms with Crippen molar-refractivity contribution in [1.82, 2.24) is 20.9 Å². The number of nitrogens with one attached hydrogen (secondary N) is 4. The van der Waals surface area contributed by atoms with Crippen LogP contribution in [0.25, 0.3) is 0 Å². The summed E-state index contributed by atoms with van der Waals surface area (Å²) in [6, 6.07) is 12.8. The van der Waals surface area contributed by atoms with Gasteiger partial charge in [-0.05, 0) is 103 Å². The minimum Gasteiger partial charge on any atom is -0.444 e. The summed E-state index contributed by atoms with van der Waals surface area (Å²) in [6.07, 6.45) is -0.556. The second kappa shape index (κ2) is 15.8. The number of anilines is 1. The number of rotatable bonds is 10. The van der Waals surface area contributed by atoms with Gasteiger partial charge in [0.2, 0.25) is 17.7 Å². The first-order chi connectivity index (χ1) is 21.9. The van der Waals surface area contributed by atoms with Gasteiger partial charge in [-0.25, -0.2) is 9.59 Å². The molecule has 0 unspecified atom stereocenters. The SMILES string of the molecule is Cc1cc(C)cc(NC(=O)[C@@H](CCc2ccccc2)NC(=O)[C@@H]2C[C@@H](NC(=O)CNC(=O)OC(C)(C)C)CN2C(=O)OC(C)(C)C)c1. The number of amides is 5. The summed E-state index contributed by atoms with van der Waals surface area (Å²) in [5, 5.41) is 11.0. The van der Waals surface area contributed by atoms with Gasteiger partial charge in [-0.2, -0.15) is 0 Å². The quantitative estimate of drug-likeness (QED) is 0.297. The number of ether oxygens (including phenoxy) is 2. The van der Waals surface area contributed by atoms with Crippen molar-refractivity contribution in [3.05, 3.63) is 65.2 Å². The van der Waals surface area contributed by atoms with Crippen LogP contribution in [0.1, 0.15) is 71.1 Å². The predicted molar refractivity (Wildman–Crippen MR) is 179 cm³/mol. The highest BCUT2D eigenvalue weighted by Gasteiger charge is 2.43. The lowest BCUT2D eigenvalue weighted by atomic mass is 10.0. The molecule has 12 nitrogen and oxygen atoms in total. The van der Waals surface area contributed by atoms with E-state index in [0.29, 0.717) is 18.5 Å². The topological polar surface area (TPSA) is 155 Å². The molecule has 0 bridgehead atoms. The normalized spacial score (nSPS) is 16.9. The molecule has 2 aromatic rings. The molecular formula is C35H49N5O7. The molecule has 1 aliphatic rings. The van der Waals surface area contributed by atoms with Crippen molar-refractivity contribution in [3.63, 3.8) is 0 Å². The second-order valence-corrected chi connectivity index (χ2v) is 14.0. The molecule has 0 spiro atoms. The third kappa shape index (κ3) is 12.6. The standard InChI is InChI=1S/C35H49N5O7/c1-22-16-23(2)18-25(17-22)38-30(42)27(15-14-24-12-10-9-11-13-24)39-31(43)28-19-26(21-40(28)33(45)47-35(6,7)8)37-29(41)20-36-32(44)46-34(3,4)5/h9-13,16-18,26-28H,14-15,19-21H2,1-8H3,(H,36,44)(H,37,41)(H,38,42)(H,39,43)/t26-,27-,28+/m1/s1. The summed E-state index contributed by atoms with van der Waals surface area (Å²) in [6.45, 7) is 13.8. The molecule has 3 atom stereocenters. The molecular weight excluding hydrogens is 602 g/mol. The van der Waals surface area contributed by atoms with Gasteiger partial charge in [-0.15, -0.1) is 0 Å². The van der Waals surface area contributed by atoms with Gasteiger partial charge in [0.05, 0.1) is 0 Å². The van der Waals surface area contributed by atoms with Crippen LogP contribution in [0.4, 0.5) is 15.3 Å². The number of hydrogen-bond donors (Lipinski definition) is 4. The third-order valence-corrected chi connectivity index (χ3v) is 7.08. The molecule has 47 heavy (non-hydrogen) atoms. The minimum absolute atomic E-state index is 0.00533. The number of carbonyl (C=O) groups is 5. The zero-order valence-corrected chi connectivity index (χ0v) is 28.7. The molecule has 4 N–H and O–H groups in total. The van der Waals surface area contributed by atoms with Crippen molar-refractivity contribution in [2.45, 2.75) is 104 Å². The fourth-order valence-electron chi connectivity index (χ4n) is 5.23. The lowest BCUT2D eigenvalue weighted by Crippen LogP contribution is -2.52. The second-order valence-electron chi connectivity index (χ2n) is 14.0. The predicted octanol–water partition coefficient (Wildman–Crippen LogP) is 4.38. The zero-order chi connectivity index (χ0) is 34.9. The van der Waals surface area contributed by atoms with Gasteiger partial charge in [0.1, 0.15) is 29.8 Å². The highest BCUT2D eigenvalue weighted by Crippen LogP contribution is 2.23. The van der Waals surface area contributed by atoms with Crippen molar-refractivity contribution >= 4 is 35.6 Å². The van der Waals surface area contributed by atoms with Crippen LogP contribution in [0.5, 0.6) is 0 Å². The molecule has 3 rings (SSSR count). The average Bonchev–Trinajstić information content (AvgIpc) is 3.36. The molecule has 0 aromatic heterocycles. The zero-order valence-electron chi connectivity index (χ0n) is 28.7. The Hall–Kier alpha value is -4.61. The Balaban J connectivity index is 1.77. The first kappa shape index (κ1) is 36.9. The summed E-state index contributed by atoms with van der Waals surface area (Å²) in [7, 11) is 0. The summed E-state index contributed by atoms with van der Waals surface area (Å²) >= 11 is 0. The molecule has 0 aliphatic carbocycles. The van der Waals surface area contributed by atoms with Gasteiger partial charge in [-0.3, -0.25) is 19.3 Å². The molecule has 1 fully saturated rings. The number of aryl methyl sites for hydroxylation is 3. The maximum Gasteiger partial charge on any atom is 0.411 e. The van der Waals surface area contributed by atoms with Gasteiger partial charge in [0.25, 0.3) is 0 Å². The Bertz CT molecular complexity index is 1410. The summed E-state index contributed by atoms with van der Waals surface area (Å²) in [4.78, 5) is 66.7. The van der Waals surface area contributed by atoms with E-state index in [-0.39, 0.29) is 25.4 Å². The average molecular weight is 652 g/mol. The van der Waals surface area contributed by atoms with E-state index in [1.54, 1.807) is 41.5 Å². The smallest absolute Gasteiger partial charge is 0.411 e. The molecule has 0 saturated carbocycles. The maximum absolute atomic E-state index is 13.9. The summed E-state index contributed by atoms with van der Waals surface area (Å²) in [5.74, 6) is -1.45. The fourth-order valence-corrected chi connectivity index (χ4v) is 5.23. The minimum atomic E-state index is -1.03. The molecule has 5 amide bonds.